The van der Waals surface area contributed by atoms with Gasteiger partial charge in [-0.1, -0.05) is 12.1 Å². The van der Waals surface area contributed by atoms with Crippen LogP contribution in [0.25, 0.3) is 0 Å². The molecule has 1 aliphatic carbocycles. The maximum atomic E-state index is 10.8. The van der Waals surface area contributed by atoms with Crippen LogP contribution in [0.2, 0.25) is 0 Å². The van der Waals surface area contributed by atoms with Gasteiger partial charge in [-0.2, -0.15) is 0 Å². The van der Waals surface area contributed by atoms with E-state index in [4.69, 9.17) is 9.84 Å². The van der Waals surface area contributed by atoms with E-state index in [1.807, 2.05) is 6.07 Å². The number of carbonyl (C=O) groups is 1. The van der Waals surface area contributed by atoms with E-state index < -0.39 is 11.6 Å². The summed E-state index contributed by atoms with van der Waals surface area (Å²) in [6.07, 6.45) is 1.19. The summed E-state index contributed by atoms with van der Waals surface area (Å²) >= 11 is 0. The Morgan fingerprint density at radius 1 is 1.45 bits per heavy atom. The smallest absolute Gasteiger partial charge is 0.305 e. The van der Waals surface area contributed by atoms with E-state index in [0.29, 0.717) is 19.3 Å². The molecule has 1 saturated heterocycles. The highest BCUT2D eigenvalue weighted by Gasteiger charge is 2.46. The molecule has 1 heterocycles. The van der Waals surface area contributed by atoms with Gasteiger partial charge in [0, 0.05) is 12.0 Å². The molecule has 20 heavy (non-hydrogen) atoms. The molecule has 5 nitrogen and oxygen atoms in total. The fraction of sp³-hybridized carbons (Fsp3) is 0.533. The van der Waals surface area contributed by atoms with Crippen LogP contribution in [0.15, 0.2) is 18.2 Å². The molecule has 2 aliphatic rings. The summed E-state index contributed by atoms with van der Waals surface area (Å²) in [6.45, 7) is 0.128. The van der Waals surface area contributed by atoms with Crippen molar-refractivity contribution in [1.82, 2.24) is 0 Å². The molecular formula is C15H18O5. The first-order chi connectivity index (χ1) is 9.48. The lowest BCUT2D eigenvalue weighted by molar-refractivity contribution is -0.168. The minimum absolute atomic E-state index is 0.0186. The minimum Gasteiger partial charge on any atom is -0.508 e. The van der Waals surface area contributed by atoms with Gasteiger partial charge in [0.25, 0.3) is 0 Å². The summed E-state index contributed by atoms with van der Waals surface area (Å²) in [7, 11) is 0. The number of aliphatic hydroxyl groups is 1. The van der Waals surface area contributed by atoms with Crippen LogP contribution in [0.4, 0.5) is 0 Å². The second kappa shape index (κ2) is 4.75. The van der Waals surface area contributed by atoms with Crippen molar-refractivity contribution in [3.05, 3.63) is 29.3 Å². The molecular weight excluding hydrogens is 260 g/mol. The predicted octanol–water partition coefficient (Wildman–Crippen LogP) is 1.10. The lowest BCUT2D eigenvalue weighted by Gasteiger charge is -2.46. The Bertz CT molecular complexity index is 541. The Morgan fingerprint density at radius 2 is 2.25 bits per heavy atom. The van der Waals surface area contributed by atoms with E-state index >= 15 is 0 Å². The number of aromatic hydroxyl groups is 1. The van der Waals surface area contributed by atoms with Crippen LogP contribution < -0.4 is 0 Å². The predicted molar refractivity (Wildman–Crippen MR) is 70.6 cm³/mol. The summed E-state index contributed by atoms with van der Waals surface area (Å²) in [4.78, 5) is 10.8. The molecule has 0 aromatic heterocycles. The highest BCUT2D eigenvalue weighted by molar-refractivity contribution is 5.67. The summed E-state index contributed by atoms with van der Waals surface area (Å²) in [6, 6.07) is 5.38. The summed E-state index contributed by atoms with van der Waals surface area (Å²) in [5.74, 6) is -0.689. The second-order valence-electron chi connectivity index (χ2n) is 5.86. The van der Waals surface area contributed by atoms with Crippen molar-refractivity contribution in [3.8, 4) is 5.75 Å². The topological polar surface area (TPSA) is 87.0 Å². The Labute approximate surface area is 116 Å². The van der Waals surface area contributed by atoms with Gasteiger partial charge < -0.3 is 20.1 Å². The molecule has 0 spiro atoms. The zero-order valence-electron chi connectivity index (χ0n) is 11.1. The van der Waals surface area contributed by atoms with Crippen LogP contribution in [-0.2, 0) is 22.4 Å². The van der Waals surface area contributed by atoms with Gasteiger partial charge >= 0.3 is 5.97 Å². The van der Waals surface area contributed by atoms with Crippen LogP contribution >= 0.6 is 0 Å². The number of carboxylic acids is 1. The first-order valence-electron chi connectivity index (χ1n) is 6.83. The van der Waals surface area contributed by atoms with Gasteiger partial charge in [0.1, 0.15) is 5.75 Å². The third kappa shape index (κ3) is 2.27. The Balaban J connectivity index is 1.84. The third-order valence-electron chi connectivity index (χ3n) is 4.48. The van der Waals surface area contributed by atoms with E-state index in [9.17, 15) is 15.0 Å². The quantitative estimate of drug-likeness (QED) is 0.754. The van der Waals surface area contributed by atoms with Crippen LogP contribution in [0.5, 0.6) is 5.75 Å². The fourth-order valence-electron chi connectivity index (χ4n) is 3.38. The number of ether oxygens (including phenoxy) is 1. The molecule has 0 bridgehead atoms. The van der Waals surface area contributed by atoms with Crippen LogP contribution in [0.1, 0.15) is 24.0 Å². The van der Waals surface area contributed by atoms with Crippen molar-refractivity contribution in [2.24, 2.45) is 5.92 Å². The molecule has 3 atom stereocenters. The lowest BCUT2D eigenvalue weighted by Crippen LogP contribution is -2.54. The molecule has 3 unspecified atom stereocenters. The van der Waals surface area contributed by atoms with Crippen LogP contribution in [0, 0.1) is 5.92 Å². The number of phenols is 1. The van der Waals surface area contributed by atoms with Crippen molar-refractivity contribution >= 4 is 5.97 Å². The number of rotatable bonds is 2. The van der Waals surface area contributed by atoms with Gasteiger partial charge in [-0.25, -0.2) is 0 Å². The maximum absolute atomic E-state index is 10.8. The zero-order valence-corrected chi connectivity index (χ0v) is 11.1. The molecule has 0 radical (unpaired) electrons. The van der Waals surface area contributed by atoms with E-state index in [2.05, 4.69) is 0 Å². The van der Waals surface area contributed by atoms with Gasteiger partial charge in [0.15, 0.2) is 0 Å². The molecule has 108 valence electrons. The standard InChI is InChI=1S/C15H18O5/c16-13-3-1-2-9-4-10-5-11(6-14(17)18)20-8-15(10,19)7-12(9)13/h1-3,10-11,16,19H,4-8H2,(H,17,18). The molecule has 3 rings (SSSR count). The van der Waals surface area contributed by atoms with Gasteiger partial charge in [-0.3, -0.25) is 4.79 Å². The lowest BCUT2D eigenvalue weighted by atomic mass is 9.69. The largest absolute Gasteiger partial charge is 0.508 e. The molecule has 1 aromatic rings. The highest BCUT2D eigenvalue weighted by atomic mass is 16.5. The Kier molecular flexibility index (Phi) is 3.18. The number of hydrogen-bond donors (Lipinski definition) is 3. The van der Waals surface area contributed by atoms with Gasteiger partial charge in [-0.15, -0.1) is 0 Å². The number of phenolic OH excluding ortho intramolecular Hbond substituents is 1. The average Bonchev–Trinajstić information content (AvgIpc) is 2.37. The molecule has 0 saturated carbocycles. The van der Waals surface area contributed by atoms with Crippen molar-refractivity contribution in [3.63, 3.8) is 0 Å². The van der Waals surface area contributed by atoms with Gasteiger partial charge in [0.2, 0.25) is 0 Å². The van der Waals surface area contributed by atoms with E-state index in [1.54, 1.807) is 12.1 Å². The zero-order chi connectivity index (χ0) is 14.3. The molecule has 3 N–H and O–H groups in total. The highest BCUT2D eigenvalue weighted by Crippen LogP contribution is 2.42. The van der Waals surface area contributed by atoms with E-state index in [1.165, 1.54) is 0 Å². The number of aliphatic carboxylic acids is 1. The Hall–Kier alpha value is -1.59. The number of carboxylic acid groups (broad SMARTS) is 1. The molecule has 0 amide bonds. The van der Waals surface area contributed by atoms with Crippen molar-refractivity contribution in [2.45, 2.75) is 37.4 Å². The van der Waals surface area contributed by atoms with Crippen LogP contribution in [0.3, 0.4) is 0 Å². The summed E-state index contributed by atoms with van der Waals surface area (Å²) < 4.78 is 5.50. The number of fused-ring (bicyclic) bond motifs is 2. The van der Waals surface area contributed by atoms with Crippen molar-refractivity contribution < 1.29 is 24.9 Å². The second-order valence-corrected chi connectivity index (χ2v) is 5.86. The SMILES string of the molecule is O=C(O)CC1CC2Cc3cccc(O)c3CC2(O)CO1. The first-order valence-corrected chi connectivity index (χ1v) is 6.83. The maximum Gasteiger partial charge on any atom is 0.305 e. The normalized spacial score (nSPS) is 32.2. The molecule has 1 aliphatic heterocycles. The number of hydrogen-bond acceptors (Lipinski definition) is 4. The fourth-order valence-corrected chi connectivity index (χ4v) is 3.38. The summed E-state index contributed by atoms with van der Waals surface area (Å²) in [5.41, 5.74) is 0.822. The average molecular weight is 278 g/mol. The monoisotopic (exact) mass is 278 g/mol. The molecule has 1 aromatic carbocycles. The van der Waals surface area contributed by atoms with Gasteiger partial charge in [-0.05, 0) is 30.4 Å². The van der Waals surface area contributed by atoms with Crippen molar-refractivity contribution in [1.29, 1.82) is 0 Å². The Morgan fingerprint density at radius 3 is 3.00 bits per heavy atom. The molecule has 1 fully saturated rings. The number of benzene rings is 1. The van der Waals surface area contributed by atoms with Crippen LogP contribution in [-0.4, -0.2) is 39.6 Å². The minimum atomic E-state index is -0.999. The van der Waals surface area contributed by atoms with E-state index in [0.717, 1.165) is 11.1 Å². The van der Waals surface area contributed by atoms with Gasteiger partial charge in [0.05, 0.1) is 24.7 Å². The first kappa shape index (κ1) is 13.4. The third-order valence-corrected chi connectivity index (χ3v) is 4.48. The van der Waals surface area contributed by atoms with E-state index in [-0.39, 0.29) is 30.8 Å². The summed E-state index contributed by atoms with van der Waals surface area (Å²) in [5, 5.41) is 29.5. The molecule has 5 heteroatoms. The van der Waals surface area contributed by atoms with Crippen molar-refractivity contribution in [2.75, 3.05) is 6.61 Å².